The molecule has 2 aromatic carbocycles. The van der Waals surface area contributed by atoms with E-state index >= 15 is 0 Å². The number of hydrogen-bond donors (Lipinski definition) is 1. The Balaban J connectivity index is 1.61. The molecule has 124 valence electrons. The summed E-state index contributed by atoms with van der Waals surface area (Å²) in [6.07, 6.45) is 1.21. The minimum atomic E-state index is 0.0161. The molecule has 0 atom stereocenters. The van der Waals surface area contributed by atoms with Crippen LogP contribution in [-0.4, -0.2) is 24.1 Å². The van der Waals surface area contributed by atoms with Crippen molar-refractivity contribution in [3.8, 4) is 10.6 Å². The Labute approximate surface area is 145 Å². The first kappa shape index (κ1) is 16.6. The predicted octanol–water partition coefficient (Wildman–Crippen LogP) is 4.72. The summed E-state index contributed by atoms with van der Waals surface area (Å²) in [5.41, 5.74) is 2.89. The Morgan fingerprint density at radius 3 is 2.71 bits per heavy atom. The fourth-order valence-corrected chi connectivity index (χ4v) is 3.37. The van der Waals surface area contributed by atoms with Crippen molar-refractivity contribution in [1.29, 1.82) is 0 Å². The number of ether oxygens (including phenoxy) is 1. The number of para-hydroxylation sites is 1. The van der Waals surface area contributed by atoms with E-state index in [1.165, 1.54) is 4.70 Å². The Morgan fingerprint density at radius 2 is 1.96 bits per heavy atom. The number of rotatable bonds is 7. The normalized spacial score (nSPS) is 10.9. The van der Waals surface area contributed by atoms with E-state index in [2.05, 4.69) is 16.4 Å². The standard InChI is InChI=1S/C19H20N2O2S/c1-2-23-13-5-8-18(22)20-15-11-9-14(10-12-15)19-21-16-6-3-4-7-17(16)24-19/h3-4,6-7,9-12H,2,5,8,13H2,1H3,(H,20,22). The summed E-state index contributed by atoms with van der Waals surface area (Å²) >= 11 is 1.67. The van der Waals surface area contributed by atoms with Crippen molar-refractivity contribution in [2.45, 2.75) is 19.8 Å². The lowest BCUT2D eigenvalue weighted by atomic mass is 10.2. The molecule has 1 N–H and O–H groups in total. The van der Waals surface area contributed by atoms with Gasteiger partial charge in [0.25, 0.3) is 0 Å². The molecule has 1 aromatic heterocycles. The number of nitrogens with zero attached hydrogens (tertiary/aromatic N) is 1. The Kier molecular flexibility index (Phi) is 5.56. The number of hydrogen-bond acceptors (Lipinski definition) is 4. The molecule has 0 saturated heterocycles. The quantitative estimate of drug-likeness (QED) is 0.633. The van der Waals surface area contributed by atoms with E-state index in [-0.39, 0.29) is 5.91 Å². The molecule has 24 heavy (non-hydrogen) atoms. The molecule has 3 aromatic rings. The van der Waals surface area contributed by atoms with Crippen LogP contribution in [0, 0.1) is 0 Å². The average Bonchev–Trinajstić information content (AvgIpc) is 3.03. The second-order valence-electron chi connectivity index (χ2n) is 5.41. The van der Waals surface area contributed by atoms with Crippen LogP contribution in [0.4, 0.5) is 5.69 Å². The Bertz CT molecular complexity index is 779. The summed E-state index contributed by atoms with van der Waals surface area (Å²) in [4.78, 5) is 16.5. The van der Waals surface area contributed by atoms with E-state index in [1.807, 2.05) is 49.4 Å². The molecule has 1 amide bonds. The van der Waals surface area contributed by atoms with Crippen LogP contribution >= 0.6 is 11.3 Å². The van der Waals surface area contributed by atoms with Gasteiger partial charge in [-0.1, -0.05) is 12.1 Å². The lowest BCUT2D eigenvalue weighted by Crippen LogP contribution is -2.12. The van der Waals surface area contributed by atoms with Crippen LogP contribution in [0.15, 0.2) is 48.5 Å². The molecule has 0 aliphatic rings. The van der Waals surface area contributed by atoms with Gasteiger partial charge >= 0.3 is 0 Å². The van der Waals surface area contributed by atoms with Gasteiger partial charge in [-0.3, -0.25) is 4.79 Å². The summed E-state index contributed by atoms with van der Waals surface area (Å²) in [6, 6.07) is 15.9. The lowest BCUT2D eigenvalue weighted by Gasteiger charge is -2.06. The molecular weight excluding hydrogens is 320 g/mol. The van der Waals surface area contributed by atoms with Crippen LogP contribution in [0.2, 0.25) is 0 Å². The summed E-state index contributed by atoms with van der Waals surface area (Å²) < 4.78 is 6.42. The molecule has 0 radical (unpaired) electrons. The van der Waals surface area contributed by atoms with E-state index < -0.39 is 0 Å². The lowest BCUT2D eigenvalue weighted by molar-refractivity contribution is -0.116. The molecule has 0 fully saturated rings. The fourth-order valence-electron chi connectivity index (χ4n) is 2.39. The molecule has 5 heteroatoms. The van der Waals surface area contributed by atoms with E-state index in [9.17, 15) is 4.79 Å². The van der Waals surface area contributed by atoms with Gasteiger partial charge in [0.15, 0.2) is 0 Å². The van der Waals surface area contributed by atoms with Gasteiger partial charge in [-0.25, -0.2) is 4.98 Å². The van der Waals surface area contributed by atoms with E-state index in [0.717, 1.165) is 28.2 Å². The number of nitrogens with one attached hydrogen (secondary N) is 1. The number of benzene rings is 2. The predicted molar refractivity (Wildman–Crippen MR) is 99.4 cm³/mol. The van der Waals surface area contributed by atoms with Crippen LogP contribution in [0.25, 0.3) is 20.8 Å². The number of aromatic nitrogens is 1. The summed E-state index contributed by atoms with van der Waals surface area (Å²) in [5, 5.41) is 3.90. The zero-order valence-corrected chi connectivity index (χ0v) is 14.4. The molecule has 0 aliphatic carbocycles. The Hall–Kier alpha value is -2.24. The number of amides is 1. The molecule has 0 unspecified atom stereocenters. The van der Waals surface area contributed by atoms with Crippen molar-refractivity contribution in [1.82, 2.24) is 4.98 Å². The zero-order chi connectivity index (χ0) is 16.8. The van der Waals surface area contributed by atoms with Gasteiger partial charge in [-0.15, -0.1) is 11.3 Å². The molecule has 1 heterocycles. The number of thiazole rings is 1. The zero-order valence-electron chi connectivity index (χ0n) is 13.6. The summed E-state index contributed by atoms with van der Waals surface area (Å²) in [7, 11) is 0. The van der Waals surface area contributed by atoms with Gasteiger partial charge in [0.05, 0.1) is 10.2 Å². The highest BCUT2D eigenvalue weighted by molar-refractivity contribution is 7.21. The van der Waals surface area contributed by atoms with Gasteiger partial charge in [-0.2, -0.15) is 0 Å². The van der Waals surface area contributed by atoms with Gasteiger partial charge in [-0.05, 0) is 49.7 Å². The van der Waals surface area contributed by atoms with Crippen molar-refractivity contribution < 1.29 is 9.53 Å². The highest BCUT2D eigenvalue weighted by Gasteiger charge is 2.07. The van der Waals surface area contributed by atoms with Crippen molar-refractivity contribution in [3.63, 3.8) is 0 Å². The molecule has 0 saturated carbocycles. The average molecular weight is 340 g/mol. The SMILES string of the molecule is CCOCCCC(=O)Nc1ccc(-c2nc3ccccc3s2)cc1. The Morgan fingerprint density at radius 1 is 1.17 bits per heavy atom. The number of anilines is 1. The monoisotopic (exact) mass is 340 g/mol. The highest BCUT2D eigenvalue weighted by Crippen LogP contribution is 2.30. The van der Waals surface area contributed by atoms with Crippen LogP contribution in [-0.2, 0) is 9.53 Å². The third-order valence-electron chi connectivity index (χ3n) is 3.61. The molecule has 3 rings (SSSR count). The van der Waals surface area contributed by atoms with Crippen molar-refractivity contribution in [2.24, 2.45) is 0 Å². The maximum Gasteiger partial charge on any atom is 0.224 e. The van der Waals surface area contributed by atoms with Crippen LogP contribution in [0.3, 0.4) is 0 Å². The smallest absolute Gasteiger partial charge is 0.224 e. The van der Waals surface area contributed by atoms with Gasteiger partial charge < -0.3 is 10.1 Å². The van der Waals surface area contributed by atoms with Crippen LogP contribution in [0.5, 0.6) is 0 Å². The van der Waals surface area contributed by atoms with Crippen LogP contribution < -0.4 is 5.32 Å². The first-order valence-corrected chi connectivity index (χ1v) is 8.91. The molecular formula is C19H20N2O2S. The molecule has 4 nitrogen and oxygen atoms in total. The number of fused-ring (bicyclic) bond motifs is 1. The molecule has 0 aliphatic heterocycles. The number of carbonyl (C=O) groups is 1. The van der Waals surface area contributed by atoms with E-state index in [1.54, 1.807) is 11.3 Å². The second kappa shape index (κ2) is 8.04. The van der Waals surface area contributed by atoms with Gasteiger partial charge in [0, 0.05) is 30.9 Å². The fraction of sp³-hybridized carbons (Fsp3) is 0.263. The van der Waals surface area contributed by atoms with E-state index in [0.29, 0.717) is 19.6 Å². The first-order chi connectivity index (χ1) is 11.8. The molecule has 0 spiro atoms. The van der Waals surface area contributed by atoms with Crippen molar-refractivity contribution in [3.05, 3.63) is 48.5 Å². The van der Waals surface area contributed by atoms with E-state index in [4.69, 9.17) is 4.74 Å². The first-order valence-electron chi connectivity index (χ1n) is 8.10. The maximum absolute atomic E-state index is 11.9. The second-order valence-corrected chi connectivity index (χ2v) is 6.44. The van der Waals surface area contributed by atoms with Gasteiger partial charge in [0.1, 0.15) is 5.01 Å². The summed E-state index contributed by atoms with van der Waals surface area (Å²) in [6.45, 7) is 3.27. The largest absolute Gasteiger partial charge is 0.382 e. The maximum atomic E-state index is 11.9. The summed E-state index contributed by atoms with van der Waals surface area (Å²) in [5.74, 6) is 0.0161. The third-order valence-corrected chi connectivity index (χ3v) is 4.69. The number of carbonyl (C=O) groups excluding carboxylic acids is 1. The minimum absolute atomic E-state index is 0.0161. The third kappa shape index (κ3) is 4.19. The molecule has 0 bridgehead atoms. The van der Waals surface area contributed by atoms with Crippen molar-refractivity contribution in [2.75, 3.05) is 18.5 Å². The van der Waals surface area contributed by atoms with Gasteiger partial charge in [0.2, 0.25) is 5.91 Å². The van der Waals surface area contributed by atoms with Crippen LogP contribution in [0.1, 0.15) is 19.8 Å². The van der Waals surface area contributed by atoms with Crippen molar-refractivity contribution >= 4 is 33.1 Å². The minimum Gasteiger partial charge on any atom is -0.382 e. The topological polar surface area (TPSA) is 51.2 Å². The highest BCUT2D eigenvalue weighted by atomic mass is 32.1.